The molecule has 0 saturated carbocycles. The van der Waals surface area contributed by atoms with Crippen molar-refractivity contribution in [2.75, 3.05) is 26.2 Å². The van der Waals surface area contributed by atoms with Crippen LogP contribution < -0.4 is 5.32 Å². The first kappa shape index (κ1) is 18.3. The number of hydrogen-bond donors (Lipinski definition) is 1. The van der Waals surface area contributed by atoms with Crippen molar-refractivity contribution in [2.45, 2.75) is 52.5 Å². The molecule has 2 fully saturated rings. The number of rotatable bonds is 1. The van der Waals surface area contributed by atoms with Crippen molar-refractivity contribution in [3.05, 3.63) is 17.5 Å². The molecule has 23 heavy (non-hydrogen) atoms. The van der Waals surface area contributed by atoms with Gasteiger partial charge in [0, 0.05) is 25.3 Å². The van der Waals surface area contributed by atoms with Gasteiger partial charge < -0.3 is 10.2 Å². The van der Waals surface area contributed by atoms with Crippen LogP contribution in [0.1, 0.15) is 56.2 Å². The molecule has 3 heterocycles. The molecule has 2 aliphatic heterocycles. The second-order valence-corrected chi connectivity index (χ2v) is 7.97. The number of piperidine rings is 1. The van der Waals surface area contributed by atoms with Crippen LogP contribution in [-0.2, 0) is 5.54 Å². The molecular formula is C17H29ClN4O. The predicted molar refractivity (Wildman–Crippen MR) is 94.3 cm³/mol. The van der Waals surface area contributed by atoms with Crippen molar-refractivity contribution in [1.82, 2.24) is 20.0 Å². The van der Waals surface area contributed by atoms with E-state index in [0.29, 0.717) is 11.1 Å². The number of carbonyl (C=O) groups is 1. The lowest BCUT2D eigenvalue weighted by Crippen LogP contribution is -2.44. The van der Waals surface area contributed by atoms with E-state index in [0.717, 1.165) is 44.7 Å². The molecule has 1 spiro atoms. The molecule has 3 rings (SSSR count). The maximum absolute atomic E-state index is 12.7. The van der Waals surface area contributed by atoms with Gasteiger partial charge in [-0.2, -0.15) is 5.10 Å². The average Bonchev–Trinajstić information content (AvgIpc) is 3.06. The van der Waals surface area contributed by atoms with Gasteiger partial charge in [-0.3, -0.25) is 9.48 Å². The van der Waals surface area contributed by atoms with Crippen LogP contribution in [0.15, 0.2) is 6.07 Å². The molecule has 2 aliphatic rings. The van der Waals surface area contributed by atoms with Crippen molar-refractivity contribution >= 4 is 18.3 Å². The van der Waals surface area contributed by atoms with Gasteiger partial charge in [-0.15, -0.1) is 12.4 Å². The lowest BCUT2D eigenvalue weighted by Gasteiger charge is -2.38. The minimum atomic E-state index is -0.0932. The zero-order valence-corrected chi connectivity index (χ0v) is 15.5. The lowest BCUT2D eigenvalue weighted by molar-refractivity contribution is 0.0600. The highest BCUT2D eigenvalue weighted by atomic mass is 35.5. The van der Waals surface area contributed by atoms with Crippen molar-refractivity contribution in [3.8, 4) is 0 Å². The number of amides is 1. The highest BCUT2D eigenvalue weighted by Crippen LogP contribution is 2.37. The summed E-state index contributed by atoms with van der Waals surface area (Å²) in [6.45, 7) is 12.3. The third kappa shape index (κ3) is 3.56. The van der Waals surface area contributed by atoms with E-state index >= 15 is 0 Å². The number of nitrogens with one attached hydrogen (secondary N) is 1. The Hall–Kier alpha value is -1.07. The van der Waals surface area contributed by atoms with Crippen LogP contribution in [0, 0.1) is 12.3 Å². The topological polar surface area (TPSA) is 50.2 Å². The van der Waals surface area contributed by atoms with E-state index in [1.807, 2.05) is 22.6 Å². The number of nitrogens with zero attached hydrogens (tertiary/aromatic N) is 3. The molecule has 1 aromatic rings. The Morgan fingerprint density at radius 2 is 1.91 bits per heavy atom. The summed E-state index contributed by atoms with van der Waals surface area (Å²) in [5.41, 5.74) is 1.99. The summed E-state index contributed by atoms with van der Waals surface area (Å²) in [6, 6.07) is 1.93. The van der Waals surface area contributed by atoms with Gasteiger partial charge in [0.2, 0.25) is 0 Å². The van der Waals surface area contributed by atoms with Crippen LogP contribution >= 0.6 is 12.4 Å². The number of aryl methyl sites for hydroxylation is 1. The lowest BCUT2D eigenvalue weighted by atomic mass is 9.78. The molecule has 0 atom stereocenters. The smallest absolute Gasteiger partial charge is 0.274 e. The number of likely N-dealkylation sites (tertiary alicyclic amines) is 1. The molecule has 0 aromatic carbocycles. The van der Waals surface area contributed by atoms with Crippen molar-refractivity contribution in [1.29, 1.82) is 0 Å². The average molecular weight is 341 g/mol. The van der Waals surface area contributed by atoms with Crippen LogP contribution in [0.5, 0.6) is 0 Å². The maximum Gasteiger partial charge on any atom is 0.274 e. The Balaban J connectivity index is 0.00000192. The molecule has 6 heteroatoms. The molecule has 5 nitrogen and oxygen atoms in total. The zero-order valence-electron chi connectivity index (χ0n) is 14.7. The van der Waals surface area contributed by atoms with Crippen molar-refractivity contribution in [3.63, 3.8) is 0 Å². The van der Waals surface area contributed by atoms with Gasteiger partial charge >= 0.3 is 0 Å². The third-order valence-corrected chi connectivity index (χ3v) is 5.19. The number of halogens is 1. The van der Waals surface area contributed by atoms with Gasteiger partial charge in [-0.25, -0.2) is 0 Å². The summed E-state index contributed by atoms with van der Waals surface area (Å²) in [5.74, 6) is 0.0897. The molecule has 2 saturated heterocycles. The van der Waals surface area contributed by atoms with E-state index in [1.165, 1.54) is 6.42 Å². The Labute approximate surface area is 145 Å². The van der Waals surface area contributed by atoms with E-state index in [1.54, 1.807) is 0 Å². The number of hydrogen-bond acceptors (Lipinski definition) is 3. The normalized spacial score (nSPS) is 20.6. The first-order chi connectivity index (χ1) is 10.3. The Kier molecular flexibility index (Phi) is 5.12. The fourth-order valence-electron chi connectivity index (χ4n) is 3.83. The van der Waals surface area contributed by atoms with Crippen LogP contribution in [0.3, 0.4) is 0 Å². The first-order valence-corrected chi connectivity index (χ1v) is 8.38. The predicted octanol–water partition coefficient (Wildman–Crippen LogP) is 2.58. The molecule has 0 radical (unpaired) electrons. The summed E-state index contributed by atoms with van der Waals surface area (Å²) in [7, 11) is 0. The van der Waals surface area contributed by atoms with Crippen LogP contribution in [0.25, 0.3) is 0 Å². The Bertz CT molecular complexity index is 560. The van der Waals surface area contributed by atoms with Crippen LogP contribution in [-0.4, -0.2) is 46.8 Å². The number of aromatic nitrogens is 2. The minimum Gasteiger partial charge on any atom is -0.337 e. The second-order valence-electron chi connectivity index (χ2n) is 7.97. The highest BCUT2D eigenvalue weighted by Gasteiger charge is 2.38. The summed E-state index contributed by atoms with van der Waals surface area (Å²) < 4.78 is 1.95. The fourth-order valence-corrected chi connectivity index (χ4v) is 3.83. The largest absolute Gasteiger partial charge is 0.337 e. The fraction of sp³-hybridized carbons (Fsp3) is 0.765. The van der Waals surface area contributed by atoms with Gasteiger partial charge in [-0.1, -0.05) is 0 Å². The van der Waals surface area contributed by atoms with Gasteiger partial charge in [0.05, 0.1) is 5.54 Å². The minimum absolute atomic E-state index is 0. The SMILES string of the molecule is Cc1cc(C(=O)N2CCC3(CCNC3)CC2)nn1C(C)(C)C.Cl. The van der Waals surface area contributed by atoms with E-state index < -0.39 is 0 Å². The molecule has 1 aromatic heterocycles. The van der Waals surface area contributed by atoms with Crippen molar-refractivity contribution in [2.24, 2.45) is 5.41 Å². The standard InChI is InChI=1S/C17H28N4O.ClH/c1-13-11-14(19-21(13)16(2,3)4)15(22)20-9-6-17(7-10-20)5-8-18-12-17;/h11,18H,5-10,12H2,1-4H3;1H. The molecule has 1 N–H and O–H groups in total. The molecule has 0 aliphatic carbocycles. The molecular weight excluding hydrogens is 312 g/mol. The van der Waals surface area contributed by atoms with Gasteiger partial charge in [-0.05, 0) is 65.0 Å². The van der Waals surface area contributed by atoms with Gasteiger partial charge in [0.1, 0.15) is 0 Å². The van der Waals surface area contributed by atoms with E-state index in [-0.39, 0.29) is 23.9 Å². The monoisotopic (exact) mass is 340 g/mol. The van der Waals surface area contributed by atoms with Crippen LogP contribution in [0.2, 0.25) is 0 Å². The van der Waals surface area contributed by atoms with E-state index in [9.17, 15) is 4.79 Å². The molecule has 0 bridgehead atoms. The Morgan fingerprint density at radius 3 is 2.39 bits per heavy atom. The number of carbonyl (C=O) groups excluding carboxylic acids is 1. The van der Waals surface area contributed by atoms with Crippen molar-refractivity contribution < 1.29 is 4.79 Å². The Morgan fingerprint density at radius 1 is 1.26 bits per heavy atom. The van der Waals surface area contributed by atoms with Gasteiger partial charge in [0.15, 0.2) is 5.69 Å². The summed E-state index contributed by atoms with van der Waals surface area (Å²) in [4.78, 5) is 14.7. The third-order valence-electron chi connectivity index (χ3n) is 5.19. The van der Waals surface area contributed by atoms with Gasteiger partial charge in [0.25, 0.3) is 5.91 Å². The maximum atomic E-state index is 12.7. The summed E-state index contributed by atoms with van der Waals surface area (Å²) >= 11 is 0. The molecule has 0 unspecified atom stereocenters. The van der Waals surface area contributed by atoms with E-state index in [4.69, 9.17) is 0 Å². The molecule has 1 amide bonds. The summed E-state index contributed by atoms with van der Waals surface area (Å²) in [5, 5.41) is 8.03. The summed E-state index contributed by atoms with van der Waals surface area (Å²) in [6.07, 6.45) is 3.49. The highest BCUT2D eigenvalue weighted by molar-refractivity contribution is 5.92. The molecule has 130 valence electrons. The second kappa shape index (κ2) is 6.44. The van der Waals surface area contributed by atoms with Crippen LogP contribution in [0.4, 0.5) is 0 Å². The van der Waals surface area contributed by atoms with E-state index in [2.05, 4.69) is 31.2 Å². The quantitative estimate of drug-likeness (QED) is 0.854. The zero-order chi connectivity index (χ0) is 16.0. The first-order valence-electron chi connectivity index (χ1n) is 8.38.